The molecule has 0 spiro atoms. The maximum Gasteiger partial charge on any atom is 0.412 e. The Morgan fingerprint density at radius 1 is 1.17 bits per heavy atom. The number of rotatable bonds is 4. The first-order valence-corrected chi connectivity index (χ1v) is 11.3. The molecule has 1 atom stereocenters. The molecule has 0 fully saturated rings. The molecule has 1 aromatic heterocycles. The highest BCUT2D eigenvalue weighted by atomic mass is 28.4. The second-order valence-corrected chi connectivity index (χ2v) is 13.4. The van der Waals surface area contributed by atoms with E-state index in [1.807, 2.05) is 39.8 Å². The zero-order valence-corrected chi connectivity index (χ0v) is 17.5. The Hall–Kier alpha value is -1.40. The number of hydrogen-bond acceptors (Lipinski definition) is 4. The lowest BCUT2D eigenvalue weighted by Gasteiger charge is -2.38. The highest BCUT2D eigenvalue weighted by Crippen LogP contribution is 2.39. The molecule has 1 N–H and O–H groups in total. The number of amides is 1. The fourth-order valence-electron chi connectivity index (χ4n) is 1.82. The molecule has 1 aromatic rings. The Morgan fingerprint density at radius 3 is 2.17 bits per heavy atom. The summed E-state index contributed by atoms with van der Waals surface area (Å²) in [4.78, 5) is 16.2. The minimum absolute atomic E-state index is 0.0820. The summed E-state index contributed by atoms with van der Waals surface area (Å²) in [6.07, 6.45) is 1.06. The van der Waals surface area contributed by atoms with Gasteiger partial charge in [0.1, 0.15) is 5.60 Å². The molecule has 0 aliphatic carbocycles. The van der Waals surface area contributed by atoms with Gasteiger partial charge in [-0.2, -0.15) is 0 Å². The number of pyridine rings is 1. The molecule has 136 valence electrons. The van der Waals surface area contributed by atoms with E-state index in [0.717, 1.165) is 5.69 Å². The number of carbonyl (C=O) groups is 1. The molecule has 1 rings (SSSR count). The van der Waals surface area contributed by atoms with Gasteiger partial charge in [-0.1, -0.05) is 20.8 Å². The van der Waals surface area contributed by atoms with E-state index in [1.165, 1.54) is 0 Å². The smallest absolute Gasteiger partial charge is 0.412 e. The van der Waals surface area contributed by atoms with E-state index >= 15 is 0 Å². The SMILES string of the molecule is C[C@@H](O[Si](C)(C)C(C)(C)C)c1ccc(NC(=O)OC(C)(C)C)cn1. The number of nitrogens with zero attached hydrogens (tertiary/aromatic N) is 1. The van der Waals surface area contributed by atoms with E-state index in [0.29, 0.717) is 5.69 Å². The van der Waals surface area contributed by atoms with Crippen LogP contribution in [0.4, 0.5) is 10.5 Å². The van der Waals surface area contributed by atoms with Crippen LogP contribution in [0.2, 0.25) is 18.1 Å². The first-order valence-electron chi connectivity index (χ1n) is 8.35. The van der Waals surface area contributed by atoms with Crippen molar-refractivity contribution in [1.82, 2.24) is 4.98 Å². The summed E-state index contributed by atoms with van der Waals surface area (Å²) in [7, 11) is -1.85. The summed E-state index contributed by atoms with van der Waals surface area (Å²) in [6, 6.07) is 3.70. The van der Waals surface area contributed by atoms with Gasteiger partial charge in [-0.3, -0.25) is 10.3 Å². The van der Waals surface area contributed by atoms with Crippen LogP contribution in [0.25, 0.3) is 0 Å². The molecule has 0 aliphatic rings. The van der Waals surface area contributed by atoms with E-state index in [2.05, 4.69) is 44.2 Å². The van der Waals surface area contributed by atoms with Gasteiger partial charge in [0.15, 0.2) is 8.32 Å². The standard InChI is InChI=1S/C18H32N2O3Si/c1-13(23-24(8,9)18(5,6)7)15-11-10-14(12-19-15)20-16(21)22-17(2,3)4/h10-13H,1-9H3,(H,20,21)/t13-/m1/s1. The first kappa shape index (κ1) is 20.6. The number of aromatic nitrogens is 1. The highest BCUT2D eigenvalue weighted by molar-refractivity contribution is 6.74. The predicted molar refractivity (Wildman–Crippen MR) is 101 cm³/mol. The largest absolute Gasteiger partial charge is 0.444 e. The summed E-state index contributed by atoms with van der Waals surface area (Å²) in [5, 5.41) is 2.83. The van der Waals surface area contributed by atoms with Gasteiger partial charge in [-0.05, 0) is 58.0 Å². The molecule has 24 heavy (non-hydrogen) atoms. The summed E-state index contributed by atoms with van der Waals surface area (Å²) in [5.74, 6) is 0. The molecule has 0 saturated carbocycles. The molecule has 6 heteroatoms. The minimum Gasteiger partial charge on any atom is -0.444 e. The van der Waals surface area contributed by atoms with Gasteiger partial charge in [0.2, 0.25) is 0 Å². The molecule has 0 saturated heterocycles. The van der Waals surface area contributed by atoms with E-state index in [9.17, 15) is 4.79 Å². The van der Waals surface area contributed by atoms with Gasteiger partial charge in [0.05, 0.1) is 23.7 Å². The molecule has 0 aromatic carbocycles. The predicted octanol–water partition coefficient (Wildman–Crippen LogP) is 5.51. The van der Waals surface area contributed by atoms with Gasteiger partial charge in [-0.15, -0.1) is 0 Å². The van der Waals surface area contributed by atoms with Gasteiger partial charge < -0.3 is 9.16 Å². The molecular formula is C18H32N2O3Si. The van der Waals surface area contributed by atoms with Crippen molar-refractivity contribution >= 4 is 20.1 Å². The number of nitrogens with one attached hydrogen (secondary N) is 1. The molecule has 0 aliphatic heterocycles. The van der Waals surface area contributed by atoms with Crippen molar-refractivity contribution in [1.29, 1.82) is 0 Å². The van der Waals surface area contributed by atoms with Crippen LogP contribution in [0, 0.1) is 0 Å². The third-order valence-corrected chi connectivity index (χ3v) is 8.68. The maximum atomic E-state index is 11.8. The van der Waals surface area contributed by atoms with E-state index in [1.54, 1.807) is 6.20 Å². The van der Waals surface area contributed by atoms with Crippen LogP contribution in [0.3, 0.4) is 0 Å². The summed E-state index contributed by atoms with van der Waals surface area (Å²) in [6.45, 7) is 18.6. The van der Waals surface area contributed by atoms with Crippen LogP contribution in [-0.4, -0.2) is 25.0 Å². The van der Waals surface area contributed by atoms with Gasteiger partial charge in [0, 0.05) is 0 Å². The lowest BCUT2D eigenvalue weighted by molar-refractivity contribution is 0.0636. The lowest BCUT2D eigenvalue weighted by Crippen LogP contribution is -2.41. The number of anilines is 1. The van der Waals surface area contributed by atoms with Crippen molar-refractivity contribution in [3.05, 3.63) is 24.0 Å². The summed E-state index contributed by atoms with van der Waals surface area (Å²) < 4.78 is 11.6. The third kappa shape index (κ3) is 6.24. The normalized spacial score (nSPS) is 14.2. The van der Waals surface area contributed by atoms with Gasteiger partial charge in [0.25, 0.3) is 0 Å². The van der Waals surface area contributed by atoms with E-state index < -0.39 is 20.0 Å². The Bertz CT molecular complexity index is 557. The van der Waals surface area contributed by atoms with Crippen molar-refractivity contribution in [2.75, 3.05) is 5.32 Å². The number of ether oxygens (including phenoxy) is 1. The maximum absolute atomic E-state index is 11.8. The molecular weight excluding hydrogens is 320 g/mol. The monoisotopic (exact) mass is 352 g/mol. The first-order chi connectivity index (χ1) is 10.7. The van der Waals surface area contributed by atoms with Crippen LogP contribution in [-0.2, 0) is 9.16 Å². The molecule has 1 amide bonds. The van der Waals surface area contributed by atoms with Gasteiger partial charge in [-0.25, -0.2) is 4.79 Å². The molecule has 0 unspecified atom stereocenters. The lowest BCUT2D eigenvalue weighted by atomic mass is 10.2. The van der Waals surface area contributed by atoms with Crippen molar-refractivity contribution < 1.29 is 14.0 Å². The fraction of sp³-hybridized carbons (Fsp3) is 0.667. The van der Waals surface area contributed by atoms with Crippen molar-refractivity contribution in [3.8, 4) is 0 Å². The van der Waals surface area contributed by atoms with E-state index in [-0.39, 0.29) is 11.1 Å². The zero-order chi connectivity index (χ0) is 18.8. The van der Waals surface area contributed by atoms with Crippen molar-refractivity contribution in [2.45, 2.75) is 78.3 Å². The third-order valence-electron chi connectivity index (χ3n) is 4.13. The zero-order valence-electron chi connectivity index (χ0n) is 16.5. The average molecular weight is 353 g/mol. The fourth-order valence-corrected chi connectivity index (χ4v) is 3.18. The van der Waals surface area contributed by atoms with Gasteiger partial charge >= 0.3 is 6.09 Å². The highest BCUT2D eigenvalue weighted by Gasteiger charge is 2.38. The molecule has 5 nitrogen and oxygen atoms in total. The van der Waals surface area contributed by atoms with Crippen LogP contribution in [0.5, 0.6) is 0 Å². The van der Waals surface area contributed by atoms with E-state index in [4.69, 9.17) is 9.16 Å². The number of carbonyl (C=O) groups excluding carboxylic acids is 1. The van der Waals surface area contributed by atoms with Crippen LogP contribution >= 0.6 is 0 Å². The molecule has 0 bridgehead atoms. The van der Waals surface area contributed by atoms with Crippen LogP contribution in [0.1, 0.15) is 60.3 Å². The Kier molecular flexibility index (Phi) is 6.22. The second kappa shape index (κ2) is 7.23. The quantitative estimate of drug-likeness (QED) is 0.726. The number of hydrogen-bond donors (Lipinski definition) is 1. The van der Waals surface area contributed by atoms with Crippen LogP contribution in [0.15, 0.2) is 18.3 Å². The average Bonchev–Trinajstić information content (AvgIpc) is 2.35. The summed E-state index contributed by atoms with van der Waals surface area (Å²) >= 11 is 0. The van der Waals surface area contributed by atoms with Crippen molar-refractivity contribution in [3.63, 3.8) is 0 Å². The minimum atomic E-state index is -1.85. The summed E-state index contributed by atoms with van der Waals surface area (Å²) in [5.41, 5.74) is 0.935. The Balaban J connectivity index is 2.72. The Labute approximate surface area is 147 Å². The topological polar surface area (TPSA) is 60.5 Å². The van der Waals surface area contributed by atoms with Crippen LogP contribution < -0.4 is 5.32 Å². The van der Waals surface area contributed by atoms with Crippen molar-refractivity contribution in [2.24, 2.45) is 0 Å². The Morgan fingerprint density at radius 2 is 1.75 bits per heavy atom. The molecule has 0 radical (unpaired) electrons. The molecule has 1 heterocycles. The second-order valence-electron chi connectivity index (χ2n) is 8.62.